The number of nitrogens with one attached hydrogen (secondary N) is 1. The monoisotopic (exact) mass is 262 g/mol. The molecule has 0 radical (unpaired) electrons. The fourth-order valence-electron chi connectivity index (χ4n) is 1.25. The fraction of sp³-hybridized carbons (Fsp3) is 0.400. The molecular weight excluding hydrogens is 247 g/mol. The second-order valence-corrected chi connectivity index (χ2v) is 5.09. The van der Waals surface area contributed by atoms with Gasteiger partial charge in [0.15, 0.2) is 0 Å². The van der Waals surface area contributed by atoms with E-state index in [9.17, 15) is 12.8 Å². The molecule has 1 aromatic rings. The van der Waals surface area contributed by atoms with E-state index >= 15 is 0 Å². The lowest BCUT2D eigenvalue weighted by atomic mass is 10.2. The lowest BCUT2D eigenvalue weighted by Gasteiger charge is -2.08. The van der Waals surface area contributed by atoms with Crippen molar-refractivity contribution in [2.24, 2.45) is 5.73 Å². The number of rotatable bonds is 6. The highest BCUT2D eigenvalue weighted by atomic mass is 32.2. The first-order valence-corrected chi connectivity index (χ1v) is 6.46. The minimum Gasteiger partial charge on any atom is -0.383 e. The number of nitrogens with two attached hydrogens (primary N) is 1. The Morgan fingerprint density at radius 3 is 2.71 bits per heavy atom. The molecule has 0 fully saturated rings. The Morgan fingerprint density at radius 2 is 2.18 bits per heavy atom. The summed E-state index contributed by atoms with van der Waals surface area (Å²) in [6.45, 7) is 0.479. The third-order valence-electron chi connectivity index (χ3n) is 2.12. The number of halogens is 1. The maximum absolute atomic E-state index is 13.5. The quantitative estimate of drug-likeness (QED) is 0.718. The Bertz CT molecular complexity index is 476. The van der Waals surface area contributed by atoms with Crippen molar-refractivity contribution < 1.29 is 17.5 Å². The van der Waals surface area contributed by atoms with Crippen molar-refractivity contribution in [3.05, 3.63) is 29.6 Å². The van der Waals surface area contributed by atoms with Crippen LogP contribution >= 0.6 is 0 Å². The molecule has 0 unspecified atom stereocenters. The molecule has 0 saturated carbocycles. The zero-order valence-electron chi connectivity index (χ0n) is 9.44. The molecule has 0 saturated heterocycles. The van der Waals surface area contributed by atoms with Gasteiger partial charge in [0.05, 0.1) is 6.61 Å². The molecule has 0 atom stereocenters. The molecule has 0 spiro atoms. The Kier molecular flexibility index (Phi) is 5.01. The van der Waals surface area contributed by atoms with E-state index in [4.69, 9.17) is 10.5 Å². The van der Waals surface area contributed by atoms with E-state index in [0.717, 1.165) is 6.07 Å². The van der Waals surface area contributed by atoms with E-state index in [0.29, 0.717) is 5.56 Å². The third-order valence-corrected chi connectivity index (χ3v) is 3.61. The minimum absolute atomic E-state index is 0.0942. The summed E-state index contributed by atoms with van der Waals surface area (Å²) in [4.78, 5) is -0.384. The Hall–Kier alpha value is -1.02. The number of ether oxygens (including phenoxy) is 1. The predicted octanol–water partition coefficient (Wildman–Crippen LogP) is 0.209. The van der Waals surface area contributed by atoms with Crippen molar-refractivity contribution in [1.29, 1.82) is 0 Å². The molecule has 0 aliphatic carbocycles. The van der Waals surface area contributed by atoms with Gasteiger partial charge in [0, 0.05) is 20.2 Å². The molecule has 1 aromatic carbocycles. The summed E-state index contributed by atoms with van der Waals surface area (Å²) in [6, 6.07) is 3.80. The average Bonchev–Trinajstić information content (AvgIpc) is 2.28. The van der Waals surface area contributed by atoms with E-state index < -0.39 is 15.8 Å². The first kappa shape index (κ1) is 14.0. The van der Waals surface area contributed by atoms with Crippen LogP contribution in [0.25, 0.3) is 0 Å². The van der Waals surface area contributed by atoms with Gasteiger partial charge in [0.1, 0.15) is 10.7 Å². The summed E-state index contributed by atoms with van der Waals surface area (Å²) >= 11 is 0. The average molecular weight is 262 g/mol. The Labute approximate surface area is 99.8 Å². The largest absolute Gasteiger partial charge is 0.383 e. The molecule has 3 N–H and O–H groups in total. The van der Waals surface area contributed by atoms with Crippen molar-refractivity contribution in [3.8, 4) is 0 Å². The van der Waals surface area contributed by atoms with Gasteiger partial charge in [-0.2, -0.15) is 0 Å². The fourth-order valence-corrected chi connectivity index (χ4v) is 2.32. The van der Waals surface area contributed by atoms with Crippen molar-refractivity contribution in [2.45, 2.75) is 11.4 Å². The van der Waals surface area contributed by atoms with Crippen molar-refractivity contribution in [3.63, 3.8) is 0 Å². The Morgan fingerprint density at radius 1 is 1.47 bits per heavy atom. The number of hydrogen-bond donors (Lipinski definition) is 2. The highest BCUT2D eigenvalue weighted by molar-refractivity contribution is 7.89. The SMILES string of the molecule is COCCNS(=O)(=O)c1ccc(CN)cc1F. The molecule has 0 amide bonds. The molecule has 1 rings (SSSR count). The summed E-state index contributed by atoms with van der Waals surface area (Å²) in [6.07, 6.45) is 0. The van der Waals surface area contributed by atoms with Crippen LogP contribution in [0.2, 0.25) is 0 Å². The second-order valence-electron chi connectivity index (χ2n) is 3.36. The van der Waals surface area contributed by atoms with E-state index in [2.05, 4.69) is 4.72 Å². The smallest absolute Gasteiger partial charge is 0.243 e. The maximum Gasteiger partial charge on any atom is 0.243 e. The molecule has 0 heterocycles. The normalized spacial score (nSPS) is 11.7. The maximum atomic E-state index is 13.5. The van der Waals surface area contributed by atoms with Crippen LogP contribution in [-0.4, -0.2) is 28.7 Å². The summed E-state index contributed by atoms with van der Waals surface area (Å²) in [5.41, 5.74) is 5.87. The zero-order valence-corrected chi connectivity index (χ0v) is 10.3. The van der Waals surface area contributed by atoms with Crippen LogP contribution in [0.3, 0.4) is 0 Å². The lowest BCUT2D eigenvalue weighted by molar-refractivity contribution is 0.204. The highest BCUT2D eigenvalue weighted by Crippen LogP contribution is 2.15. The number of benzene rings is 1. The van der Waals surface area contributed by atoms with Crippen molar-refractivity contribution >= 4 is 10.0 Å². The van der Waals surface area contributed by atoms with Gasteiger partial charge in [-0.3, -0.25) is 0 Å². The summed E-state index contributed by atoms with van der Waals surface area (Å²) in [7, 11) is -2.38. The van der Waals surface area contributed by atoms with Gasteiger partial charge in [0.25, 0.3) is 0 Å². The van der Waals surface area contributed by atoms with E-state index in [1.54, 1.807) is 0 Å². The van der Waals surface area contributed by atoms with Crippen molar-refractivity contribution in [2.75, 3.05) is 20.3 Å². The first-order valence-electron chi connectivity index (χ1n) is 4.98. The second kappa shape index (κ2) is 6.06. The molecule has 0 aliphatic heterocycles. The molecule has 5 nitrogen and oxygen atoms in total. The van der Waals surface area contributed by atoms with Crippen LogP contribution in [0, 0.1) is 5.82 Å². The van der Waals surface area contributed by atoms with Crippen LogP contribution in [0.5, 0.6) is 0 Å². The first-order chi connectivity index (χ1) is 8.01. The molecule has 7 heteroatoms. The van der Waals surface area contributed by atoms with Gasteiger partial charge in [-0.15, -0.1) is 0 Å². The molecule has 0 bridgehead atoms. The van der Waals surface area contributed by atoms with Gasteiger partial charge < -0.3 is 10.5 Å². The van der Waals surface area contributed by atoms with E-state index in [-0.39, 0.29) is 24.6 Å². The summed E-state index contributed by atoms with van der Waals surface area (Å²) in [5, 5.41) is 0. The van der Waals surface area contributed by atoms with Crippen LogP contribution in [-0.2, 0) is 21.3 Å². The molecule has 0 aromatic heterocycles. The minimum atomic E-state index is -3.83. The van der Waals surface area contributed by atoms with Gasteiger partial charge in [-0.25, -0.2) is 17.5 Å². The number of sulfonamides is 1. The molecule has 17 heavy (non-hydrogen) atoms. The van der Waals surface area contributed by atoms with Gasteiger partial charge in [-0.05, 0) is 17.7 Å². The van der Waals surface area contributed by atoms with E-state index in [1.807, 2.05) is 0 Å². The van der Waals surface area contributed by atoms with Crippen LogP contribution in [0.15, 0.2) is 23.1 Å². The molecule has 96 valence electrons. The third kappa shape index (κ3) is 3.74. The van der Waals surface area contributed by atoms with Crippen molar-refractivity contribution in [1.82, 2.24) is 4.72 Å². The predicted molar refractivity (Wildman–Crippen MR) is 61.4 cm³/mol. The Balaban J connectivity index is 2.91. The van der Waals surface area contributed by atoms with Crippen LogP contribution in [0.1, 0.15) is 5.56 Å². The van der Waals surface area contributed by atoms with E-state index in [1.165, 1.54) is 19.2 Å². The van der Waals surface area contributed by atoms with Gasteiger partial charge in [-0.1, -0.05) is 6.07 Å². The number of hydrogen-bond acceptors (Lipinski definition) is 4. The topological polar surface area (TPSA) is 81.4 Å². The van der Waals surface area contributed by atoms with Crippen LogP contribution < -0.4 is 10.5 Å². The zero-order chi connectivity index (χ0) is 12.9. The lowest BCUT2D eigenvalue weighted by Crippen LogP contribution is -2.28. The summed E-state index contributed by atoms with van der Waals surface area (Å²) < 4.78 is 43.8. The van der Waals surface area contributed by atoms with Gasteiger partial charge in [0.2, 0.25) is 10.0 Å². The standard InChI is InChI=1S/C10H15FN2O3S/c1-16-5-4-13-17(14,15)10-3-2-8(7-12)6-9(10)11/h2-3,6,13H,4-5,7,12H2,1H3. The van der Waals surface area contributed by atoms with Crippen LogP contribution in [0.4, 0.5) is 4.39 Å². The molecule has 0 aliphatic rings. The van der Waals surface area contributed by atoms with Gasteiger partial charge >= 0.3 is 0 Å². The summed E-state index contributed by atoms with van der Waals surface area (Å²) in [5.74, 6) is -0.808. The highest BCUT2D eigenvalue weighted by Gasteiger charge is 2.18. The molecular formula is C10H15FN2O3S. The number of methoxy groups -OCH3 is 1.